The Morgan fingerprint density at radius 1 is 1.00 bits per heavy atom. The Bertz CT molecular complexity index is 472. The average molecular weight is 269 g/mol. The largest absolute Gasteiger partial charge is 0.363 e. The number of rotatable bonds is 4. The minimum atomic E-state index is -0.0273. The molecule has 1 unspecified atom stereocenters. The van der Waals surface area contributed by atoms with Gasteiger partial charge in [0.1, 0.15) is 6.23 Å². The molecule has 0 saturated carbocycles. The maximum absolute atomic E-state index is 5.78. The van der Waals surface area contributed by atoms with Gasteiger partial charge < -0.3 is 4.74 Å². The molecular weight excluding hydrogens is 250 g/mol. The van der Waals surface area contributed by atoms with Crippen LogP contribution in [-0.2, 0) is 4.74 Å². The van der Waals surface area contributed by atoms with Crippen LogP contribution in [0.1, 0.15) is 36.7 Å². The number of nitrogens with zero attached hydrogens (tertiary/aromatic N) is 2. The van der Waals surface area contributed by atoms with Crippen LogP contribution >= 0.6 is 0 Å². The molecule has 2 aromatic rings. The Labute approximate surface area is 119 Å². The summed E-state index contributed by atoms with van der Waals surface area (Å²) in [5.74, 6) is 0. The van der Waals surface area contributed by atoms with Crippen molar-refractivity contribution in [3.8, 4) is 0 Å². The molecule has 1 N–H and O–H groups in total. The average Bonchev–Trinajstić information content (AvgIpc) is 2.55. The Hall–Kier alpha value is -1.78. The fourth-order valence-electron chi connectivity index (χ4n) is 2.47. The molecule has 0 amide bonds. The van der Waals surface area contributed by atoms with Gasteiger partial charge in [0.2, 0.25) is 0 Å². The highest BCUT2D eigenvalue weighted by Crippen LogP contribution is 2.21. The molecule has 1 atom stereocenters. The molecule has 20 heavy (non-hydrogen) atoms. The van der Waals surface area contributed by atoms with Crippen LogP contribution < -0.4 is 5.32 Å². The van der Waals surface area contributed by atoms with Gasteiger partial charge in [0, 0.05) is 19.0 Å². The monoisotopic (exact) mass is 269 g/mol. The fraction of sp³-hybridized carbons (Fsp3) is 0.375. The SMILES string of the molecule is c1ccc(C(NC2CCCCO2)c2ccccn2)nc1. The summed E-state index contributed by atoms with van der Waals surface area (Å²) >= 11 is 0. The van der Waals surface area contributed by atoms with Gasteiger partial charge in [-0.25, -0.2) is 0 Å². The zero-order valence-electron chi connectivity index (χ0n) is 11.4. The van der Waals surface area contributed by atoms with Gasteiger partial charge in [-0.2, -0.15) is 0 Å². The van der Waals surface area contributed by atoms with Crippen LogP contribution in [0, 0.1) is 0 Å². The Kier molecular flexibility index (Phi) is 4.35. The van der Waals surface area contributed by atoms with Gasteiger partial charge in [0.05, 0.1) is 17.4 Å². The van der Waals surface area contributed by atoms with Crippen molar-refractivity contribution in [2.45, 2.75) is 31.5 Å². The first-order valence-electron chi connectivity index (χ1n) is 7.13. The topological polar surface area (TPSA) is 47.0 Å². The molecule has 0 aliphatic carbocycles. The lowest BCUT2D eigenvalue weighted by Crippen LogP contribution is -2.38. The van der Waals surface area contributed by atoms with Crippen molar-refractivity contribution in [3.05, 3.63) is 60.2 Å². The summed E-state index contributed by atoms with van der Waals surface area (Å²) in [7, 11) is 0. The van der Waals surface area contributed by atoms with Crippen LogP contribution in [0.4, 0.5) is 0 Å². The third kappa shape index (κ3) is 3.21. The molecule has 4 nitrogen and oxygen atoms in total. The van der Waals surface area contributed by atoms with E-state index >= 15 is 0 Å². The molecule has 104 valence electrons. The molecule has 1 aliphatic heterocycles. The van der Waals surface area contributed by atoms with Crippen LogP contribution in [0.25, 0.3) is 0 Å². The highest BCUT2D eigenvalue weighted by atomic mass is 16.5. The highest BCUT2D eigenvalue weighted by Gasteiger charge is 2.22. The normalized spacial score (nSPS) is 19.1. The Morgan fingerprint density at radius 3 is 2.20 bits per heavy atom. The van der Waals surface area contributed by atoms with E-state index in [-0.39, 0.29) is 12.3 Å². The number of nitrogens with one attached hydrogen (secondary N) is 1. The van der Waals surface area contributed by atoms with E-state index in [1.165, 1.54) is 6.42 Å². The van der Waals surface area contributed by atoms with E-state index < -0.39 is 0 Å². The molecule has 0 aromatic carbocycles. The second-order valence-electron chi connectivity index (χ2n) is 4.96. The van der Waals surface area contributed by atoms with E-state index in [2.05, 4.69) is 15.3 Å². The van der Waals surface area contributed by atoms with Crippen LogP contribution in [0.5, 0.6) is 0 Å². The quantitative estimate of drug-likeness (QED) is 0.927. The third-order valence-corrected chi connectivity index (χ3v) is 3.50. The number of ether oxygens (including phenoxy) is 1. The molecular formula is C16H19N3O. The summed E-state index contributed by atoms with van der Waals surface area (Å²) in [4.78, 5) is 8.93. The van der Waals surface area contributed by atoms with Gasteiger partial charge in [0.25, 0.3) is 0 Å². The maximum atomic E-state index is 5.78. The Balaban J connectivity index is 1.83. The molecule has 1 saturated heterocycles. The molecule has 3 heterocycles. The predicted molar refractivity (Wildman–Crippen MR) is 77.0 cm³/mol. The molecule has 2 aromatic heterocycles. The van der Waals surface area contributed by atoms with E-state index in [9.17, 15) is 0 Å². The summed E-state index contributed by atoms with van der Waals surface area (Å²) in [6.07, 6.45) is 7.10. The van der Waals surface area contributed by atoms with Gasteiger partial charge >= 0.3 is 0 Å². The van der Waals surface area contributed by atoms with Crippen molar-refractivity contribution in [2.75, 3.05) is 6.61 Å². The van der Waals surface area contributed by atoms with Gasteiger partial charge in [-0.1, -0.05) is 12.1 Å². The van der Waals surface area contributed by atoms with Crippen molar-refractivity contribution in [2.24, 2.45) is 0 Å². The van der Waals surface area contributed by atoms with Crippen LogP contribution in [-0.4, -0.2) is 22.8 Å². The van der Waals surface area contributed by atoms with E-state index in [4.69, 9.17) is 4.74 Å². The lowest BCUT2D eigenvalue weighted by atomic mass is 10.1. The standard InChI is InChI=1S/C16H19N3O/c1-4-10-17-13(7-1)16(14-8-2-5-11-18-14)19-15-9-3-6-12-20-15/h1-2,4-5,7-8,10-11,15-16,19H,3,6,9,12H2. The first-order chi connectivity index (χ1) is 9.93. The molecule has 0 radical (unpaired) electrons. The minimum Gasteiger partial charge on any atom is -0.363 e. The van der Waals surface area contributed by atoms with Crippen molar-refractivity contribution in [1.82, 2.24) is 15.3 Å². The minimum absolute atomic E-state index is 0.0273. The lowest BCUT2D eigenvalue weighted by molar-refractivity contribution is -0.0104. The van der Waals surface area contributed by atoms with Crippen LogP contribution in [0.3, 0.4) is 0 Å². The Morgan fingerprint density at radius 2 is 1.70 bits per heavy atom. The summed E-state index contributed by atoms with van der Waals surface area (Å²) in [6, 6.07) is 11.9. The molecule has 1 aliphatic rings. The zero-order chi connectivity index (χ0) is 13.6. The molecule has 4 heteroatoms. The fourth-order valence-corrected chi connectivity index (χ4v) is 2.47. The van der Waals surface area contributed by atoms with Crippen molar-refractivity contribution in [3.63, 3.8) is 0 Å². The van der Waals surface area contributed by atoms with Gasteiger partial charge in [-0.05, 0) is 43.5 Å². The predicted octanol–water partition coefficient (Wildman–Crippen LogP) is 2.68. The summed E-state index contributed by atoms with van der Waals surface area (Å²) < 4.78 is 5.78. The first kappa shape index (κ1) is 13.2. The van der Waals surface area contributed by atoms with Gasteiger partial charge in [-0.3, -0.25) is 15.3 Å². The molecule has 1 fully saturated rings. The van der Waals surface area contributed by atoms with Crippen LogP contribution in [0.2, 0.25) is 0 Å². The van der Waals surface area contributed by atoms with Gasteiger partial charge in [0.15, 0.2) is 0 Å². The maximum Gasteiger partial charge on any atom is 0.108 e. The van der Waals surface area contributed by atoms with E-state index in [1.807, 2.05) is 48.8 Å². The van der Waals surface area contributed by atoms with Crippen molar-refractivity contribution >= 4 is 0 Å². The third-order valence-electron chi connectivity index (χ3n) is 3.50. The number of hydrogen-bond donors (Lipinski definition) is 1. The van der Waals surface area contributed by atoms with Gasteiger partial charge in [-0.15, -0.1) is 0 Å². The molecule has 3 rings (SSSR count). The zero-order valence-corrected chi connectivity index (χ0v) is 11.4. The number of pyridine rings is 2. The van der Waals surface area contributed by atoms with Crippen molar-refractivity contribution in [1.29, 1.82) is 0 Å². The molecule has 0 spiro atoms. The second-order valence-corrected chi connectivity index (χ2v) is 4.96. The number of hydrogen-bond acceptors (Lipinski definition) is 4. The summed E-state index contributed by atoms with van der Waals surface area (Å²) in [6.45, 7) is 0.828. The highest BCUT2D eigenvalue weighted by molar-refractivity contribution is 5.21. The first-order valence-corrected chi connectivity index (χ1v) is 7.13. The number of aromatic nitrogens is 2. The van der Waals surface area contributed by atoms with Crippen molar-refractivity contribution < 1.29 is 4.74 Å². The lowest BCUT2D eigenvalue weighted by Gasteiger charge is -2.28. The second kappa shape index (κ2) is 6.59. The summed E-state index contributed by atoms with van der Waals surface area (Å²) in [5, 5.41) is 3.54. The van der Waals surface area contributed by atoms with E-state index in [0.717, 1.165) is 30.8 Å². The summed E-state index contributed by atoms with van der Waals surface area (Å²) in [5.41, 5.74) is 1.95. The van der Waals surface area contributed by atoms with Crippen LogP contribution in [0.15, 0.2) is 48.8 Å². The van der Waals surface area contributed by atoms with E-state index in [1.54, 1.807) is 0 Å². The van der Waals surface area contributed by atoms with E-state index in [0.29, 0.717) is 0 Å². The smallest absolute Gasteiger partial charge is 0.108 e. The molecule has 0 bridgehead atoms.